The summed E-state index contributed by atoms with van der Waals surface area (Å²) in [6.45, 7) is 0.623. The van der Waals surface area contributed by atoms with Crippen molar-refractivity contribution >= 4 is 11.5 Å². The molecule has 4 heteroatoms. The number of nitrogens with zero attached hydrogens (tertiary/aromatic N) is 1. The molecule has 1 aromatic heterocycles. The Labute approximate surface area is 106 Å². The maximum Gasteiger partial charge on any atom is 0.126 e. The molecule has 1 aliphatic heterocycles. The highest BCUT2D eigenvalue weighted by atomic mass is 16.5. The molecule has 3 rings (SSSR count). The minimum absolute atomic E-state index is 0.316. The predicted octanol–water partition coefficient (Wildman–Crippen LogP) is 2.08. The van der Waals surface area contributed by atoms with Gasteiger partial charge in [0.25, 0.3) is 0 Å². The number of ether oxygens (including phenoxy) is 1. The van der Waals surface area contributed by atoms with Gasteiger partial charge in [-0.2, -0.15) is 0 Å². The van der Waals surface area contributed by atoms with Crippen LogP contribution in [0.2, 0.25) is 0 Å². The van der Waals surface area contributed by atoms with Crippen molar-refractivity contribution in [3.05, 3.63) is 48.2 Å². The van der Waals surface area contributed by atoms with Gasteiger partial charge >= 0.3 is 0 Å². The molecule has 1 unspecified atom stereocenters. The molecule has 0 aliphatic carbocycles. The van der Waals surface area contributed by atoms with Crippen LogP contribution in [0.5, 0.6) is 5.75 Å². The van der Waals surface area contributed by atoms with E-state index in [2.05, 4.69) is 28.5 Å². The lowest BCUT2D eigenvalue weighted by atomic mass is 10.1. The minimum Gasteiger partial charge on any atom is -0.491 e. The summed E-state index contributed by atoms with van der Waals surface area (Å²) in [5.41, 5.74) is 8.16. The van der Waals surface area contributed by atoms with E-state index in [0.29, 0.717) is 18.5 Å². The summed E-state index contributed by atoms with van der Waals surface area (Å²) in [6, 6.07) is 12.2. The largest absolute Gasteiger partial charge is 0.491 e. The summed E-state index contributed by atoms with van der Waals surface area (Å²) >= 11 is 0. The van der Waals surface area contributed by atoms with Crippen molar-refractivity contribution < 1.29 is 4.74 Å². The van der Waals surface area contributed by atoms with Crippen LogP contribution in [-0.4, -0.2) is 17.6 Å². The molecule has 3 N–H and O–H groups in total. The number of nitrogens with one attached hydrogen (secondary N) is 1. The first-order chi connectivity index (χ1) is 8.81. The van der Waals surface area contributed by atoms with E-state index in [1.165, 1.54) is 11.3 Å². The fraction of sp³-hybridized carbons (Fsp3) is 0.214. The number of nitrogen functional groups attached to an aromatic ring is 1. The monoisotopic (exact) mass is 241 g/mol. The first-order valence-corrected chi connectivity index (χ1v) is 6.00. The second-order valence-corrected chi connectivity index (χ2v) is 4.43. The van der Waals surface area contributed by atoms with Crippen molar-refractivity contribution in [1.29, 1.82) is 0 Å². The lowest BCUT2D eigenvalue weighted by Crippen LogP contribution is -2.24. The summed E-state index contributed by atoms with van der Waals surface area (Å²) in [4.78, 5) is 3.93. The Morgan fingerprint density at radius 3 is 3.06 bits per heavy atom. The molecule has 0 fully saturated rings. The SMILES string of the molecule is Nc1cc(OCC2Cc3ccccc3N2)ccn1. The fourth-order valence-corrected chi connectivity index (χ4v) is 2.19. The lowest BCUT2D eigenvalue weighted by Gasteiger charge is -2.13. The highest BCUT2D eigenvalue weighted by Gasteiger charge is 2.20. The lowest BCUT2D eigenvalue weighted by molar-refractivity contribution is 0.299. The van der Waals surface area contributed by atoms with E-state index in [0.717, 1.165) is 12.2 Å². The molecule has 1 aromatic carbocycles. The third kappa shape index (κ3) is 2.22. The van der Waals surface area contributed by atoms with Gasteiger partial charge in [0.2, 0.25) is 0 Å². The smallest absolute Gasteiger partial charge is 0.126 e. The van der Waals surface area contributed by atoms with E-state index in [-0.39, 0.29) is 0 Å². The molecule has 1 atom stereocenters. The molecule has 4 nitrogen and oxygen atoms in total. The Morgan fingerprint density at radius 2 is 2.22 bits per heavy atom. The van der Waals surface area contributed by atoms with Gasteiger partial charge < -0.3 is 15.8 Å². The highest BCUT2D eigenvalue weighted by molar-refractivity contribution is 5.56. The van der Waals surface area contributed by atoms with Crippen molar-refractivity contribution in [1.82, 2.24) is 4.98 Å². The molecular formula is C14H15N3O. The molecule has 1 aliphatic rings. The van der Waals surface area contributed by atoms with Gasteiger partial charge in [0, 0.05) is 18.0 Å². The second kappa shape index (κ2) is 4.56. The molecule has 0 bridgehead atoms. The normalized spacial score (nSPS) is 17.0. The van der Waals surface area contributed by atoms with Crippen molar-refractivity contribution in [2.75, 3.05) is 17.7 Å². The topological polar surface area (TPSA) is 60.2 Å². The summed E-state index contributed by atoms with van der Waals surface area (Å²) < 4.78 is 5.72. The van der Waals surface area contributed by atoms with Gasteiger partial charge in [-0.3, -0.25) is 0 Å². The molecule has 0 spiro atoms. The number of anilines is 2. The van der Waals surface area contributed by atoms with Gasteiger partial charge in [0.1, 0.15) is 18.2 Å². The zero-order valence-corrected chi connectivity index (χ0v) is 9.97. The van der Waals surface area contributed by atoms with E-state index >= 15 is 0 Å². The number of nitrogens with two attached hydrogens (primary N) is 1. The van der Waals surface area contributed by atoms with Gasteiger partial charge in [0.05, 0.1) is 6.04 Å². The molecule has 2 heterocycles. The Kier molecular flexibility index (Phi) is 2.76. The van der Waals surface area contributed by atoms with Crippen LogP contribution in [0.4, 0.5) is 11.5 Å². The Hall–Kier alpha value is -2.23. The van der Waals surface area contributed by atoms with Gasteiger partial charge in [-0.05, 0) is 24.1 Å². The van der Waals surface area contributed by atoms with Crippen LogP contribution < -0.4 is 15.8 Å². The van der Waals surface area contributed by atoms with Gasteiger partial charge in [0.15, 0.2) is 0 Å². The number of hydrogen-bond acceptors (Lipinski definition) is 4. The fourth-order valence-electron chi connectivity index (χ4n) is 2.19. The van der Waals surface area contributed by atoms with Crippen molar-refractivity contribution in [2.24, 2.45) is 0 Å². The molecular weight excluding hydrogens is 226 g/mol. The number of benzene rings is 1. The number of pyridine rings is 1. The molecule has 0 saturated carbocycles. The maximum atomic E-state index is 5.72. The average Bonchev–Trinajstić information content (AvgIpc) is 2.79. The van der Waals surface area contributed by atoms with Crippen molar-refractivity contribution in [3.8, 4) is 5.75 Å². The molecule has 0 saturated heterocycles. The van der Waals surface area contributed by atoms with Crippen LogP contribution in [0.15, 0.2) is 42.6 Å². The number of fused-ring (bicyclic) bond motifs is 1. The standard InChI is InChI=1S/C14H15N3O/c15-14-8-12(5-6-16-14)18-9-11-7-10-3-1-2-4-13(10)17-11/h1-6,8,11,17H,7,9H2,(H2,15,16). The summed E-state index contributed by atoms with van der Waals surface area (Å²) in [5, 5.41) is 3.45. The van der Waals surface area contributed by atoms with Crippen LogP contribution in [0, 0.1) is 0 Å². The summed E-state index contributed by atoms with van der Waals surface area (Å²) in [5.74, 6) is 1.25. The van der Waals surface area contributed by atoms with E-state index in [1.807, 2.05) is 12.1 Å². The van der Waals surface area contributed by atoms with Crippen LogP contribution in [0.25, 0.3) is 0 Å². The number of para-hydroxylation sites is 1. The van der Waals surface area contributed by atoms with E-state index in [1.54, 1.807) is 12.3 Å². The first-order valence-electron chi connectivity index (χ1n) is 6.00. The molecule has 92 valence electrons. The van der Waals surface area contributed by atoms with Crippen molar-refractivity contribution in [3.63, 3.8) is 0 Å². The van der Waals surface area contributed by atoms with Crippen LogP contribution in [0.3, 0.4) is 0 Å². The highest BCUT2D eigenvalue weighted by Crippen LogP contribution is 2.25. The van der Waals surface area contributed by atoms with E-state index < -0.39 is 0 Å². The zero-order valence-electron chi connectivity index (χ0n) is 9.97. The molecule has 0 radical (unpaired) electrons. The minimum atomic E-state index is 0.316. The number of aromatic nitrogens is 1. The zero-order chi connectivity index (χ0) is 12.4. The van der Waals surface area contributed by atoms with E-state index in [9.17, 15) is 0 Å². The second-order valence-electron chi connectivity index (χ2n) is 4.43. The third-order valence-electron chi connectivity index (χ3n) is 3.05. The number of hydrogen-bond donors (Lipinski definition) is 2. The van der Waals surface area contributed by atoms with Crippen LogP contribution in [0.1, 0.15) is 5.56 Å². The maximum absolute atomic E-state index is 5.72. The Balaban J connectivity index is 1.60. The first kappa shape index (κ1) is 10.9. The van der Waals surface area contributed by atoms with Crippen molar-refractivity contribution in [2.45, 2.75) is 12.5 Å². The van der Waals surface area contributed by atoms with Gasteiger partial charge in [-0.15, -0.1) is 0 Å². The Morgan fingerprint density at radius 1 is 1.33 bits per heavy atom. The predicted molar refractivity (Wildman–Crippen MR) is 71.7 cm³/mol. The molecule has 2 aromatic rings. The molecule has 0 amide bonds. The van der Waals surface area contributed by atoms with Crippen LogP contribution >= 0.6 is 0 Å². The average molecular weight is 241 g/mol. The van der Waals surface area contributed by atoms with Gasteiger partial charge in [-0.25, -0.2) is 4.98 Å². The van der Waals surface area contributed by atoms with E-state index in [4.69, 9.17) is 10.5 Å². The third-order valence-corrected chi connectivity index (χ3v) is 3.05. The quantitative estimate of drug-likeness (QED) is 0.863. The summed E-state index contributed by atoms with van der Waals surface area (Å²) in [6.07, 6.45) is 2.65. The Bertz CT molecular complexity index is 531. The van der Waals surface area contributed by atoms with Gasteiger partial charge in [-0.1, -0.05) is 18.2 Å². The summed E-state index contributed by atoms with van der Waals surface area (Å²) in [7, 11) is 0. The van der Waals surface area contributed by atoms with Crippen LogP contribution in [-0.2, 0) is 6.42 Å². The number of rotatable bonds is 3. The molecule has 18 heavy (non-hydrogen) atoms.